The van der Waals surface area contributed by atoms with Crippen molar-refractivity contribution in [3.63, 3.8) is 0 Å². The SMILES string of the molecule is Cc1sc(-c2ccc(Cl)c(Cl)c2)nc1C1=C(OC(=O)C(C)(C)C)[C@@H]2CC[C@@H](C2)C1=O. The third-order valence-electron chi connectivity index (χ3n) is 5.68. The second-order valence-electron chi connectivity index (χ2n) is 9.00. The zero-order chi connectivity index (χ0) is 21.8. The largest absolute Gasteiger partial charge is 0.430 e. The van der Waals surface area contributed by atoms with Crippen molar-refractivity contribution in [1.29, 1.82) is 0 Å². The molecule has 4 rings (SSSR count). The molecule has 158 valence electrons. The third-order valence-corrected chi connectivity index (χ3v) is 7.44. The molecule has 7 heteroatoms. The number of fused-ring (bicyclic) bond motifs is 2. The van der Waals surface area contributed by atoms with Crippen molar-refractivity contribution in [2.45, 2.75) is 47.0 Å². The van der Waals surface area contributed by atoms with E-state index in [-0.39, 0.29) is 23.6 Å². The van der Waals surface area contributed by atoms with Crippen LogP contribution in [0.4, 0.5) is 0 Å². The fourth-order valence-electron chi connectivity index (χ4n) is 3.99. The van der Waals surface area contributed by atoms with Gasteiger partial charge < -0.3 is 4.74 Å². The molecule has 30 heavy (non-hydrogen) atoms. The van der Waals surface area contributed by atoms with E-state index in [1.165, 1.54) is 11.3 Å². The smallest absolute Gasteiger partial charge is 0.316 e. The number of carbonyl (C=O) groups excluding carboxylic acids is 2. The van der Waals surface area contributed by atoms with Crippen molar-refractivity contribution in [3.05, 3.63) is 44.6 Å². The number of thiazole rings is 1. The van der Waals surface area contributed by atoms with Crippen molar-refractivity contribution < 1.29 is 14.3 Å². The van der Waals surface area contributed by atoms with Gasteiger partial charge in [0, 0.05) is 22.3 Å². The highest BCUT2D eigenvalue weighted by atomic mass is 35.5. The van der Waals surface area contributed by atoms with E-state index in [0.29, 0.717) is 27.1 Å². The minimum atomic E-state index is -0.654. The molecule has 1 aromatic carbocycles. The molecule has 2 atom stereocenters. The van der Waals surface area contributed by atoms with E-state index in [4.69, 9.17) is 32.9 Å². The summed E-state index contributed by atoms with van der Waals surface area (Å²) in [6.07, 6.45) is 2.43. The number of aryl methyl sites for hydroxylation is 1. The zero-order valence-electron chi connectivity index (χ0n) is 17.3. The molecule has 0 spiro atoms. The van der Waals surface area contributed by atoms with Crippen LogP contribution in [0.1, 0.15) is 50.6 Å². The Morgan fingerprint density at radius 2 is 1.87 bits per heavy atom. The molecule has 2 bridgehead atoms. The van der Waals surface area contributed by atoms with Crippen LogP contribution in [-0.2, 0) is 14.3 Å². The number of hydrogen-bond acceptors (Lipinski definition) is 5. The van der Waals surface area contributed by atoms with Gasteiger partial charge in [0.25, 0.3) is 0 Å². The van der Waals surface area contributed by atoms with Crippen LogP contribution in [0.2, 0.25) is 10.0 Å². The number of carbonyl (C=O) groups is 2. The number of aromatic nitrogens is 1. The summed E-state index contributed by atoms with van der Waals surface area (Å²) in [6, 6.07) is 5.36. The second kappa shape index (κ2) is 7.77. The van der Waals surface area contributed by atoms with Crippen molar-refractivity contribution in [3.8, 4) is 10.6 Å². The van der Waals surface area contributed by atoms with Crippen molar-refractivity contribution in [1.82, 2.24) is 4.98 Å². The molecule has 4 nitrogen and oxygen atoms in total. The zero-order valence-corrected chi connectivity index (χ0v) is 19.7. The summed E-state index contributed by atoms with van der Waals surface area (Å²) >= 11 is 13.7. The quantitative estimate of drug-likeness (QED) is 0.473. The molecule has 0 unspecified atom stereocenters. The topological polar surface area (TPSA) is 56.3 Å². The molecule has 2 aromatic rings. The van der Waals surface area contributed by atoms with Crippen molar-refractivity contribution in [2.75, 3.05) is 0 Å². The molecule has 0 N–H and O–H groups in total. The summed E-state index contributed by atoms with van der Waals surface area (Å²) in [5.74, 6) is 0.281. The van der Waals surface area contributed by atoms with Gasteiger partial charge in [-0.3, -0.25) is 9.59 Å². The predicted octanol–water partition coefficient (Wildman–Crippen LogP) is 6.72. The lowest BCUT2D eigenvalue weighted by atomic mass is 9.84. The van der Waals surface area contributed by atoms with Gasteiger partial charge in [-0.2, -0.15) is 0 Å². The number of hydrogen-bond donors (Lipinski definition) is 0. The van der Waals surface area contributed by atoms with Crippen LogP contribution < -0.4 is 0 Å². The molecule has 2 aliphatic rings. The van der Waals surface area contributed by atoms with E-state index in [9.17, 15) is 9.59 Å². The van der Waals surface area contributed by atoms with Gasteiger partial charge in [-0.15, -0.1) is 11.3 Å². The number of halogens is 2. The van der Waals surface area contributed by atoms with Crippen molar-refractivity contribution >= 4 is 51.9 Å². The lowest BCUT2D eigenvalue weighted by Crippen LogP contribution is -2.28. The minimum absolute atomic E-state index is 0.0170. The van der Waals surface area contributed by atoms with E-state index in [0.717, 1.165) is 34.7 Å². The standard InChI is InChI=1S/C23H23Cl2NO3S/c1-11-18(26-21(30-11)14-7-8-15(24)16(25)10-14)17-19(27)12-5-6-13(9-12)20(17)29-22(28)23(2,3)4/h7-8,10,12-13H,5-6,9H2,1-4H3/t12-,13+/m0/s1. The molecular weight excluding hydrogens is 441 g/mol. The summed E-state index contributed by atoms with van der Waals surface area (Å²) in [4.78, 5) is 31.7. The molecule has 0 amide bonds. The first-order valence-corrected chi connectivity index (χ1v) is 11.6. The van der Waals surface area contributed by atoms with Gasteiger partial charge in [0.2, 0.25) is 0 Å². The lowest BCUT2D eigenvalue weighted by molar-refractivity contribution is -0.149. The lowest BCUT2D eigenvalue weighted by Gasteiger charge is -2.26. The number of ether oxygens (including phenoxy) is 1. The molecular formula is C23H23Cl2NO3S. The first-order chi connectivity index (χ1) is 14.1. The first-order valence-electron chi connectivity index (χ1n) is 10.00. The van der Waals surface area contributed by atoms with Crippen LogP contribution in [0.5, 0.6) is 0 Å². The number of ketones is 1. The number of benzene rings is 1. The maximum absolute atomic E-state index is 13.3. The highest BCUT2D eigenvalue weighted by molar-refractivity contribution is 7.15. The maximum Gasteiger partial charge on any atom is 0.316 e. The normalized spacial score (nSPS) is 21.3. The number of allylic oxidation sites excluding steroid dienone is 2. The van der Waals surface area contributed by atoms with Crippen LogP contribution in [-0.4, -0.2) is 16.7 Å². The Hall–Kier alpha value is -1.69. The molecule has 0 radical (unpaired) electrons. The van der Waals surface area contributed by atoms with E-state index in [2.05, 4.69) is 0 Å². The fourth-order valence-corrected chi connectivity index (χ4v) is 5.20. The van der Waals surface area contributed by atoms with Gasteiger partial charge in [-0.1, -0.05) is 29.3 Å². The van der Waals surface area contributed by atoms with Crippen LogP contribution in [0.25, 0.3) is 16.1 Å². The van der Waals surface area contributed by atoms with Gasteiger partial charge in [0.15, 0.2) is 5.78 Å². The molecule has 1 saturated carbocycles. The van der Waals surface area contributed by atoms with E-state index >= 15 is 0 Å². The fraction of sp³-hybridized carbons (Fsp3) is 0.435. The maximum atomic E-state index is 13.3. The number of nitrogens with zero attached hydrogens (tertiary/aromatic N) is 1. The van der Waals surface area contributed by atoms with E-state index in [1.807, 2.05) is 33.8 Å². The Kier molecular flexibility index (Phi) is 5.58. The molecule has 1 fully saturated rings. The summed E-state index contributed by atoms with van der Waals surface area (Å²) < 4.78 is 5.87. The van der Waals surface area contributed by atoms with Gasteiger partial charge >= 0.3 is 5.97 Å². The summed E-state index contributed by atoms with van der Waals surface area (Å²) in [7, 11) is 0. The predicted molar refractivity (Wildman–Crippen MR) is 121 cm³/mol. The van der Waals surface area contributed by atoms with Gasteiger partial charge in [0.05, 0.1) is 26.7 Å². The monoisotopic (exact) mass is 463 g/mol. The van der Waals surface area contributed by atoms with E-state index in [1.54, 1.807) is 12.1 Å². The highest BCUT2D eigenvalue weighted by Gasteiger charge is 2.44. The number of Topliss-reactive ketones (excluding diaryl/α,β-unsaturated/α-hetero) is 1. The molecule has 0 saturated heterocycles. The van der Waals surface area contributed by atoms with E-state index < -0.39 is 5.41 Å². The average molecular weight is 464 g/mol. The van der Waals surface area contributed by atoms with Crippen LogP contribution in [0.15, 0.2) is 24.0 Å². The third kappa shape index (κ3) is 3.83. The Labute approximate surface area is 190 Å². The molecule has 0 aliphatic heterocycles. The van der Waals surface area contributed by atoms with Gasteiger partial charge in [0.1, 0.15) is 10.8 Å². The van der Waals surface area contributed by atoms with Crippen molar-refractivity contribution in [2.24, 2.45) is 17.3 Å². The molecule has 1 heterocycles. The molecule has 2 aliphatic carbocycles. The average Bonchev–Trinajstić information content (AvgIpc) is 3.27. The minimum Gasteiger partial charge on any atom is -0.430 e. The van der Waals surface area contributed by atoms with Crippen LogP contribution in [0, 0.1) is 24.2 Å². The number of esters is 1. The Balaban J connectivity index is 1.82. The van der Waals surface area contributed by atoms with Gasteiger partial charge in [-0.05, 0) is 59.1 Å². The van der Waals surface area contributed by atoms with Crippen LogP contribution in [0.3, 0.4) is 0 Å². The Morgan fingerprint density at radius 3 is 2.53 bits per heavy atom. The second-order valence-corrected chi connectivity index (χ2v) is 11.0. The Bertz CT molecular complexity index is 1080. The van der Waals surface area contributed by atoms with Crippen LogP contribution >= 0.6 is 34.5 Å². The highest BCUT2D eigenvalue weighted by Crippen LogP contribution is 2.48. The first kappa shape index (κ1) is 21.5. The summed E-state index contributed by atoms with van der Waals surface area (Å²) in [6.45, 7) is 7.38. The number of rotatable bonds is 3. The summed E-state index contributed by atoms with van der Waals surface area (Å²) in [5, 5.41) is 1.68. The summed E-state index contributed by atoms with van der Waals surface area (Å²) in [5.41, 5.74) is 1.27. The molecule has 1 aromatic heterocycles. The van der Waals surface area contributed by atoms with Gasteiger partial charge in [-0.25, -0.2) is 4.98 Å². The Morgan fingerprint density at radius 1 is 1.17 bits per heavy atom.